The van der Waals surface area contributed by atoms with Crippen molar-refractivity contribution in [3.8, 4) is 0 Å². The number of oxazole rings is 1. The third-order valence-corrected chi connectivity index (χ3v) is 4.24. The number of fused-ring (bicyclic) bond motifs is 1. The van der Waals surface area contributed by atoms with Crippen molar-refractivity contribution in [2.45, 2.75) is 31.8 Å². The second kappa shape index (κ2) is 6.36. The zero-order valence-electron chi connectivity index (χ0n) is 12.7. The van der Waals surface area contributed by atoms with Crippen LogP contribution in [-0.2, 0) is 16.1 Å². The van der Waals surface area contributed by atoms with Gasteiger partial charge < -0.3 is 9.15 Å². The molecule has 2 aromatic rings. The number of ether oxygens (including phenoxy) is 1. The number of nitrogens with zero attached hydrogens (tertiary/aromatic N) is 2. The Morgan fingerprint density at radius 2 is 2.18 bits per heavy atom. The van der Waals surface area contributed by atoms with Crippen LogP contribution in [0.25, 0.3) is 11.1 Å². The molecule has 1 unspecified atom stereocenters. The first-order valence-corrected chi connectivity index (χ1v) is 7.61. The highest BCUT2D eigenvalue weighted by Crippen LogP contribution is 2.19. The van der Waals surface area contributed by atoms with Crippen molar-refractivity contribution in [3.05, 3.63) is 34.8 Å². The summed E-state index contributed by atoms with van der Waals surface area (Å²) < 4.78 is 11.7. The molecule has 0 bridgehead atoms. The van der Waals surface area contributed by atoms with E-state index in [1.807, 2.05) is 18.2 Å². The molecule has 1 aliphatic heterocycles. The number of benzene rings is 1. The summed E-state index contributed by atoms with van der Waals surface area (Å²) >= 11 is 0. The lowest BCUT2D eigenvalue weighted by Gasteiger charge is -2.22. The number of rotatable bonds is 5. The lowest BCUT2D eigenvalue weighted by Crippen LogP contribution is -2.37. The predicted octanol–water partition coefficient (Wildman–Crippen LogP) is 1.62. The van der Waals surface area contributed by atoms with E-state index in [4.69, 9.17) is 9.15 Å². The van der Waals surface area contributed by atoms with Crippen molar-refractivity contribution in [2.24, 2.45) is 0 Å². The highest BCUT2D eigenvalue weighted by atomic mass is 16.5. The van der Waals surface area contributed by atoms with Gasteiger partial charge in [-0.05, 0) is 37.9 Å². The van der Waals surface area contributed by atoms with Crippen molar-refractivity contribution >= 4 is 17.1 Å². The minimum Gasteiger partial charge on any atom is -0.468 e. The normalized spacial score (nSPS) is 18.9. The van der Waals surface area contributed by atoms with Gasteiger partial charge in [0.2, 0.25) is 0 Å². The molecule has 1 saturated heterocycles. The number of aromatic nitrogens is 1. The molecule has 0 radical (unpaired) electrons. The van der Waals surface area contributed by atoms with Crippen molar-refractivity contribution in [1.82, 2.24) is 9.47 Å². The van der Waals surface area contributed by atoms with Gasteiger partial charge in [0.25, 0.3) is 0 Å². The van der Waals surface area contributed by atoms with Crippen molar-refractivity contribution in [3.63, 3.8) is 0 Å². The van der Waals surface area contributed by atoms with E-state index in [1.54, 1.807) is 10.6 Å². The summed E-state index contributed by atoms with van der Waals surface area (Å²) in [6, 6.07) is 7.28. The summed E-state index contributed by atoms with van der Waals surface area (Å²) in [5.41, 5.74) is 1.43. The van der Waals surface area contributed by atoms with Crippen LogP contribution in [0.1, 0.15) is 19.3 Å². The van der Waals surface area contributed by atoms with Gasteiger partial charge in [-0.25, -0.2) is 4.79 Å². The molecular weight excluding hydrogens is 284 g/mol. The zero-order chi connectivity index (χ0) is 15.5. The Bertz CT molecular complexity index is 718. The monoisotopic (exact) mass is 304 g/mol. The summed E-state index contributed by atoms with van der Waals surface area (Å²) in [6.45, 7) is 2.26. The average molecular weight is 304 g/mol. The number of hydrogen-bond donors (Lipinski definition) is 0. The van der Waals surface area contributed by atoms with Gasteiger partial charge in [-0.15, -0.1) is 0 Å². The van der Waals surface area contributed by atoms with Gasteiger partial charge in [0.15, 0.2) is 5.58 Å². The van der Waals surface area contributed by atoms with E-state index in [0.29, 0.717) is 12.1 Å². The number of hydrogen-bond acceptors (Lipinski definition) is 5. The Morgan fingerprint density at radius 1 is 1.36 bits per heavy atom. The zero-order valence-corrected chi connectivity index (χ0v) is 12.7. The molecule has 0 aliphatic carbocycles. The number of para-hydroxylation sites is 2. The fourth-order valence-electron chi connectivity index (χ4n) is 3.15. The third-order valence-electron chi connectivity index (χ3n) is 4.24. The Morgan fingerprint density at radius 3 is 3.00 bits per heavy atom. The van der Waals surface area contributed by atoms with Crippen LogP contribution in [0.5, 0.6) is 0 Å². The Kier molecular flexibility index (Phi) is 4.29. The van der Waals surface area contributed by atoms with Gasteiger partial charge in [0.1, 0.15) is 6.04 Å². The van der Waals surface area contributed by atoms with Gasteiger partial charge in [0.05, 0.1) is 12.6 Å². The molecule has 0 N–H and O–H groups in total. The number of carbonyl (C=O) groups excluding carboxylic acids is 1. The minimum atomic E-state index is -0.327. The smallest absolute Gasteiger partial charge is 0.419 e. The molecular formula is C16H20N2O4. The van der Waals surface area contributed by atoms with Crippen LogP contribution in [-0.4, -0.2) is 41.7 Å². The maximum Gasteiger partial charge on any atom is 0.419 e. The van der Waals surface area contributed by atoms with E-state index in [-0.39, 0.29) is 17.8 Å². The molecule has 6 nitrogen and oxygen atoms in total. The first-order chi connectivity index (χ1) is 10.7. The molecule has 0 amide bonds. The standard InChI is InChI=1S/C16H20N2O4/c1-21-15(19)13-7-4-9-17(13)10-5-11-18-12-6-2-3-8-14(12)22-16(18)20/h2-3,6,8,13H,4-5,7,9-11H2,1H3. The number of methoxy groups -OCH3 is 1. The highest BCUT2D eigenvalue weighted by molar-refractivity contribution is 5.76. The van der Waals surface area contributed by atoms with Gasteiger partial charge in [-0.1, -0.05) is 12.1 Å². The van der Waals surface area contributed by atoms with Gasteiger partial charge >= 0.3 is 11.7 Å². The van der Waals surface area contributed by atoms with Gasteiger partial charge in [0, 0.05) is 13.1 Å². The molecule has 0 spiro atoms. The number of carbonyl (C=O) groups is 1. The highest BCUT2D eigenvalue weighted by Gasteiger charge is 2.30. The summed E-state index contributed by atoms with van der Waals surface area (Å²) in [6.07, 6.45) is 2.65. The van der Waals surface area contributed by atoms with Crippen molar-refractivity contribution in [2.75, 3.05) is 20.2 Å². The molecule has 6 heteroatoms. The molecule has 0 saturated carbocycles. The molecule has 2 heterocycles. The van der Waals surface area contributed by atoms with Crippen LogP contribution in [0.2, 0.25) is 0 Å². The average Bonchev–Trinajstić information content (AvgIpc) is 3.11. The molecule has 1 aliphatic rings. The molecule has 22 heavy (non-hydrogen) atoms. The third kappa shape index (κ3) is 2.78. The topological polar surface area (TPSA) is 64.7 Å². The number of likely N-dealkylation sites (tertiary alicyclic amines) is 1. The summed E-state index contributed by atoms with van der Waals surface area (Å²) in [7, 11) is 1.43. The van der Waals surface area contributed by atoms with E-state index in [1.165, 1.54) is 7.11 Å². The van der Waals surface area contributed by atoms with Crippen LogP contribution >= 0.6 is 0 Å². The molecule has 3 rings (SSSR count). The van der Waals surface area contributed by atoms with Crippen LogP contribution in [0.15, 0.2) is 33.5 Å². The molecule has 1 aromatic carbocycles. The van der Waals surface area contributed by atoms with E-state index >= 15 is 0 Å². The lowest BCUT2D eigenvalue weighted by atomic mass is 10.2. The molecule has 1 aromatic heterocycles. The Balaban J connectivity index is 1.64. The fraction of sp³-hybridized carbons (Fsp3) is 0.500. The van der Waals surface area contributed by atoms with Gasteiger partial charge in [-0.3, -0.25) is 14.3 Å². The fourth-order valence-corrected chi connectivity index (χ4v) is 3.15. The minimum absolute atomic E-state index is 0.136. The second-order valence-corrected chi connectivity index (χ2v) is 5.56. The van der Waals surface area contributed by atoms with Crippen LogP contribution < -0.4 is 5.76 Å². The Labute approximate surface area is 128 Å². The van der Waals surface area contributed by atoms with E-state index in [0.717, 1.165) is 37.9 Å². The first kappa shape index (κ1) is 14.8. The van der Waals surface area contributed by atoms with Crippen molar-refractivity contribution < 1.29 is 13.9 Å². The van der Waals surface area contributed by atoms with Gasteiger partial charge in [-0.2, -0.15) is 0 Å². The maximum atomic E-state index is 11.9. The largest absolute Gasteiger partial charge is 0.468 e. The quantitative estimate of drug-likeness (QED) is 0.785. The predicted molar refractivity (Wildman–Crippen MR) is 81.7 cm³/mol. The number of aryl methyl sites for hydroxylation is 1. The summed E-state index contributed by atoms with van der Waals surface area (Å²) in [4.78, 5) is 25.7. The van der Waals surface area contributed by atoms with Crippen LogP contribution in [0.3, 0.4) is 0 Å². The molecule has 1 fully saturated rings. The maximum absolute atomic E-state index is 11.9. The molecule has 1 atom stereocenters. The van der Waals surface area contributed by atoms with E-state index < -0.39 is 0 Å². The van der Waals surface area contributed by atoms with Crippen LogP contribution in [0, 0.1) is 0 Å². The number of esters is 1. The van der Waals surface area contributed by atoms with Crippen LogP contribution in [0.4, 0.5) is 0 Å². The summed E-state index contributed by atoms with van der Waals surface area (Å²) in [5.74, 6) is -0.490. The van der Waals surface area contributed by atoms with E-state index in [2.05, 4.69) is 4.90 Å². The second-order valence-electron chi connectivity index (χ2n) is 5.56. The van der Waals surface area contributed by atoms with E-state index in [9.17, 15) is 9.59 Å². The SMILES string of the molecule is COC(=O)C1CCCN1CCCn1c(=O)oc2ccccc21. The summed E-state index contributed by atoms with van der Waals surface area (Å²) in [5, 5.41) is 0. The van der Waals surface area contributed by atoms with Crippen molar-refractivity contribution in [1.29, 1.82) is 0 Å². The Hall–Kier alpha value is -2.08. The first-order valence-electron chi connectivity index (χ1n) is 7.61. The lowest BCUT2D eigenvalue weighted by molar-refractivity contribution is -0.145. The molecule has 118 valence electrons.